The van der Waals surface area contributed by atoms with Crippen LogP contribution in [0, 0.1) is 0 Å². The maximum Gasteiger partial charge on any atom is 0.304 e. The van der Waals surface area contributed by atoms with E-state index in [1.807, 2.05) is 13.0 Å². The fourth-order valence-corrected chi connectivity index (χ4v) is 1.85. The van der Waals surface area contributed by atoms with Crippen LogP contribution in [0.25, 0.3) is 5.52 Å². The van der Waals surface area contributed by atoms with E-state index >= 15 is 0 Å². The Labute approximate surface area is 96.7 Å². The van der Waals surface area contributed by atoms with Gasteiger partial charge >= 0.3 is 5.97 Å². The van der Waals surface area contributed by atoms with Gasteiger partial charge in [-0.25, -0.2) is 9.50 Å². The summed E-state index contributed by atoms with van der Waals surface area (Å²) in [5.41, 5.74) is 1.51. The van der Waals surface area contributed by atoms with Crippen molar-refractivity contribution in [3.63, 3.8) is 0 Å². The fourth-order valence-electron chi connectivity index (χ4n) is 1.66. The number of nitrogens with zero attached hydrogens (tertiary/aromatic N) is 3. The summed E-state index contributed by atoms with van der Waals surface area (Å²) in [6.45, 7) is 1.84. The van der Waals surface area contributed by atoms with Gasteiger partial charge in [0.1, 0.15) is 11.8 Å². The number of aliphatic carboxylic acids is 1. The van der Waals surface area contributed by atoms with E-state index in [4.69, 9.17) is 16.7 Å². The molecular weight excluding hydrogens is 230 g/mol. The highest BCUT2D eigenvalue weighted by Crippen LogP contribution is 2.23. The number of carbonyl (C=O) groups is 1. The van der Waals surface area contributed by atoms with Gasteiger partial charge in [-0.05, 0) is 12.1 Å². The van der Waals surface area contributed by atoms with Gasteiger partial charge < -0.3 is 5.11 Å². The first-order chi connectivity index (χ1) is 7.59. The highest BCUT2D eigenvalue weighted by molar-refractivity contribution is 6.32. The van der Waals surface area contributed by atoms with Gasteiger partial charge in [0.15, 0.2) is 5.15 Å². The molecule has 2 aromatic rings. The molecule has 0 amide bonds. The highest BCUT2D eigenvalue weighted by Gasteiger charge is 2.15. The monoisotopic (exact) mass is 239 g/mol. The third-order valence-electron chi connectivity index (χ3n) is 2.42. The van der Waals surface area contributed by atoms with E-state index < -0.39 is 5.97 Å². The number of hydrogen-bond donors (Lipinski definition) is 1. The molecule has 0 radical (unpaired) electrons. The largest absolute Gasteiger partial charge is 0.481 e. The second kappa shape index (κ2) is 4.09. The van der Waals surface area contributed by atoms with Crippen LogP contribution >= 0.6 is 11.6 Å². The van der Waals surface area contributed by atoms with E-state index in [0.717, 1.165) is 5.69 Å². The average molecular weight is 240 g/mol. The zero-order valence-corrected chi connectivity index (χ0v) is 9.35. The summed E-state index contributed by atoms with van der Waals surface area (Å²) in [4.78, 5) is 14.5. The maximum atomic E-state index is 10.6. The second-order valence-electron chi connectivity index (χ2n) is 3.61. The van der Waals surface area contributed by atoms with Crippen molar-refractivity contribution in [2.24, 2.45) is 0 Å². The molecule has 1 unspecified atom stereocenters. The quantitative estimate of drug-likeness (QED) is 0.889. The van der Waals surface area contributed by atoms with Crippen LogP contribution in [0.3, 0.4) is 0 Å². The molecule has 0 aromatic carbocycles. The standard InChI is InChI=1S/C10H10ClN3O2/c1-6(4-9(15)16)7-2-3-8-10(11)12-5-13-14(7)8/h2-3,5-6H,4H2,1H3,(H,15,16). The number of carboxylic acid groups (broad SMARTS) is 1. The molecule has 0 aliphatic rings. The number of hydrogen-bond acceptors (Lipinski definition) is 3. The minimum Gasteiger partial charge on any atom is -0.481 e. The number of rotatable bonds is 3. The molecule has 0 saturated heterocycles. The molecule has 2 aromatic heterocycles. The summed E-state index contributed by atoms with van der Waals surface area (Å²) in [6.07, 6.45) is 1.42. The molecule has 1 atom stereocenters. The summed E-state index contributed by atoms with van der Waals surface area (Å²) in [5, 5.41) is 13.2. The second-order valence-corrected chi connectivity index (χ2v) is 3.96. The van der Waals surface area contributed by atoms with Crippen LogP contribution < -0.4 is 0 Å². The van der Waals surface area contributed by atoms with Crippen LogP contribution in [0.4, 0.5) is 0 Å². The summed E-state index contributed by atoms with van der Waals surface area (Å²) in [5.74, 6) is -0.950. The maximum absolute atomic E-state index is 10.6. The lowest BCUT2D eigenvalue weighted by Gasteiger charge is -2.08. The molecule has 1 N–H and O–H groups in total. The summed E-state index contributed by atoms with van der Waals surface area (Å²) < 4.78 is 1.63. The van der Waals surface area contributed by atoms with Gasteiger partial charge in [-0.15, -0.1) is 0 Å². The molecule has 6 heteroatoms. The predicted octanol–water partition coefficient (Wildman–Crippen LogP) is 1.96. The Kier molecular flexibility index (Phi) is 2.78. The molecule has 0 aliphatic heterocycles. The van der Waals surface area contributed by atoms with Crippen molar-refractivity contribution in [3.8, 4) is 0 Å². The van der Waals surface area contributed by atoms with Crippen LogP contribution in [0.5, 0.6) is 0 Å². The van der Waals surface area contributed by atoms with Gasteiger partial charge in [-0.2, -0.15) is 5.10 Å². The van der Waals surface area contributed by atoms with Gasteiger partial charge in [0.2, 0.25) is 0 Å². The highest BCUT2D eigenvalue weighted by atomic mass is 35.5. The SMILES string of the molecule is CC(CC(=O)O)c1ccc2c(Cl)ncnn12. The molecule has 0 bridgehead atoms. The van der Waals surface area contributed by atoms with E-state index in [-0.39, 0.29) is 12.3 Å². The van der Waals surface area contributed by atoms with Crippen molar-refractivity contribution in [1.29, 1.82) is 0 Å². The van der Waals surface area contributed by atoms with Gasteiger partial charge in [0, 0.05) is 11.6 Å². The van der Waals surface area contributed by atoms with Crippen LogP contribution in [0.2, 0.25) is 5.15 Å². The van der Waals surface area contributed by atoms with E-state index in [9.17, 15) is 4.79 Å². The summed E-state index contributed by atoms with van der Waals surface area (Å²) in [6, 6.07) is 3.61. The predicted molar refractivity (Wildman–Crippen MR) is 58.7 cm³/mol. The van der Waals surface area contributed by atoms with Crippen molar-refractivity contribution in [2.75, 3.05) is 0 Å². The zero-order chi connectivity index (χ0) is 11.7. The van der Waals surface area contributed by atoms with Crippen molar-refractivity contribution >= 4 is 23.1 Å². The lowest BCUT2D eigenvalue weighted by molar-refractivity contribution is -0.137. The lowest BCUT2D eigenvalue weighted by Crippen LogP contribution is -2.07. The van der Waals surface area contributed by atoms with Crippen molar-refractivity contribution < 1.29 is 9.90 Å². The Hall–Kier alpha value is -1.62. The third kappa shape index (κ3) is 1.86. The number of halogens is 1. The van der Waals surface area contributed by atoms with E-state index in [1.165, 1.54) is 6.33 Å². The summed E-state index contributed by atoms with van der Waals surface area (Å²) in [7, 11) is 0. The first-order valence-electron chi connectivity index (χ1n) is 4.79. The van der Waals surface area contributed by atoms with Crippen LogP contribution in [-0.4, -0.2) is 25.7 Å². The number of carboxylic acids is 1. The zero-order valence-electron chi connectivity index (χ0n) is 8.59. The minimum atomic E-state index is -0.831. The number of fused-ring (bicyclic) bond motifs is 1. The Morgan fingerprint density at radius 3 is 3.06 bits per heavy atom. The Bertz CT molecular complexity index is 538. The first kappa shape index (κ1) is 10.9. The molecule has 5 nitrogen and oxygen atoms in total. The molecule has 84 valence electrons. The number of aromatic nitrogens is 3. The normalized spacial score (nSPS) is 12.9. The van der Waals surface area contributed by atoms with Gasteiger partial charge in [-0.3, -0.25) is 4.79 Å². The molecular formula is C10H10ClN3O2. The fraction of sp³-hybridized carbons (Fsp3) is 0.300. The van der Waals surface area contributed by atoms with Gasteiger partial charge in [-0.1, -0.05) is 18.5 Å². The smallest absolute Gasteiger partial charge is 0.304 e. The Morgan fingerprint density at radius 1 is 1.62 bits per heavy atom. The molecule has 0 fully saturated rings. The lowest BCUT2D eigenvalue weighted by atomic mass is 10.0. The van der Waals surface area contributed by atoms with E-state index in [0.29, 0.717) is 10.7 Å². The molecule has 2 heterocycles. The first-order valence-corrected chi connectivity index (χ1v) is 5.17. The molecule has 0 spiro atoms. The Morgan fingerprint density at radius 2 is 2.38 bits per heavy atom. The van der Waals surface area contributed by atoms with Crippen LogP contribution in [-0.2, 0) is 4.79 Å². The molecule has 16 heavy (non-hydrogen) atoms. The molecule has 2 rings (SSSR count). The molecule has 0 aliphatic carbocycles. The third-order valence-corrected chi connectivity index (χ3v) is 2.71. The van der Waals surface area contributed by atoms with Gasteiger partial charge in [0.05, 0.1) is 6.42 Å². The Balaban J connectivity index is 2.46. The van der Waals surface area contributed by atoms with Crippen molar-refractivity contribution in [1.82, 2.24) is 14.6 Å². The van der Waals surface area contributed by atoms with E-state index in [1.54, 1.807) is 10.6 Å². The van der Waals surface area contributed by atoms with Crippen molar-refractivity contribution in [2.45, 2.75) is 19.3 Å². The van der Waals surface area contributed by atoms with Gasteiger partial charge in [0.25, 0.3) is 0 Å². The topological polar surface area (TPSA) is 67.5 Å². The average Bonchev–Trinajstić information content (AvgIpc) is 2.61. The van der Waals surface area contributed by atoms with Crippen LogP contribution in [0.15, 0.2) is 18.5 Å². The van der Waals surface area contributed by atoms with Crippen LogP contribution in [0.1, 0.15) is 25.0 Å². The summed E-state index contributed by atoms with van der Waals surface area (Å²) >= 11 is 5.89. The van der Waals surface area contributed by atoms with E-state index in [2.05, 4.69) is 10.1 Å². The minimum absolute atomic E-state index is 0.0632. The molecule has 0 saturated carbocycles. The van der Waals surface area contributed by atoms with Crippen molar-refractivity contribution in [3.05, 3.63) is 29.3 Å².